The Bertz CT molecular complexity index is 575. The van der Waals surface area contributed by atoms with Crippen LogP contribution in [0.4, 0.5) is 5.69 Å². The minimum Gasteiger partial charge on any atom is -0.258 e. The van der Waals surface area contributed by atoms with E-state index in [0.717, 1.165) is 5.56 Å². The van der Waals surface area contributed by atoms with E-state index >= 15 is 0 Å². The predicted octanol–water partition coefficient (Wildman–Crippen LogP) is 3.05. The molecule has 1 heterocycles. The molecule has 0 saturated heterocycles. The molecule has 0 spiro atoms. The van der Waals surface area contributed by atoms with Crippen LogP contribution in [0.5, 0.6) is 0 Å². The maximum Gasteiger partial charge on any atom is 0.329 e. The topological polar surface area (TPSA) is 61.0 Å². The van der Waals surface area contributed by atoms with Gasteiger partial charge in [0.1, 0.15) is 5.69 Å². The van der Waals surface area contributed by atoms with Gasteiger partial charge in [-0.2, -0.15) is 5.10 Å². The number of benzene rings is 1. The van der Waals surface area contributed by atoms with Gasteiger partial charge in [-0.3, -0.25) is 10.1 Å². The van der Waals surface area contributed by atoms with Crippen LogP contribution in [0.15, 0.2) is 24.3 Å². The summed E-state index contributed by atoms with van der Waals surface area (Å²) in [6.45, 7) is 3.52. The molecule has 17 heavy (non-hydrogen) atoms. The number of halogens is 1. The van der Waals surface area contributed by atoms with Crippen LogP contribution in [0, 0.1) is 24.0 Å². The molecule has 0 fully saturated rings. The van der Waals surface area contributed by atoms with Gasteiger partial charge < -0.3 is 0 Å². The third-order valence-corrected chi connectivity index (χ3v) is 2.77. The van der Waals surface area contributed by atoms with Crippen LogP contribution in [-0.4, -0.2) is 14.7 Å². The van der Waals surface area contributed by atoms with Gasteiger partial charge in [-0.15, -0.1) is 0 Å². The van der Waals surface area contributed by atoms with Gasteiger partial charge in [0, 0.05) is 0 Å². The Kier molecular flexibility index (Phi) is 2.85. The fourth-order valence-corrected chi connectivity index (χ4v) is 1.90. The first-order valence-electron chi connectivity index (χ1n) is 4.97. The molecule has 6 heteroatoms. The highest BCUT2D eigenvalue weighted by molar-refractivity contribution is 6.32. The maximum absolute atomic E-state index is 10.8. The maximum atomic E-state index is 10.8. The smallest absolute Gasteiger partial charge is 0.258 e. The number of rotatable bonds is 2. The molecule has 2 rings (SSSR count). The zero-order chi connectivity index (χ0) is 12.6. The average molecular weight is 252 g/mol. The lowest BCUT2D eigenvalue weighted by Crippen LogP contribution is -1.96. The summed E-state index contributed by atoms with van der Waals surface area (Å²) >= 11 is 5.96. The monoisotopic (exact) mass is 251 g/mol. The minimum absolute atomic E-state index is 0.0244. The van der Waals surface area contributed by atoms with E-state index < -0.39 is 4.92 Å². The number of aryl methyl sites for hydroxylation is 2. The number of hydrogen-bond acceptors (Lipinski definition) is 3. The van der Waals surface area contributed by atoms with E-state index in [1.165, 1.54) is 4.68 Å². The zero-order valence-electron chi connectivity index (χ0n) is 9.35. The van der Waals surface area contributed by atoms with E-state index in [0.29, 0.717) is 11.4 Å². The molecule has 0 N–H and O–H groups in total. The summed E-state index contributed by atoms with van der Waals surface area (Å²) < 4.78 is 1.37. The van der Waals surface area contributed by atoms with E-state index in [-0.39, 0.29) is 10.8 Å². The number of nitrogens with zero attached hydrogens (tertiary/aromatic N) is 3. The van der Waals surface area contributed by atoms with Crippen LogP contribution in [0.1, 0.15) is 11.3 Å². The van der Waals surface area contributed by atoms with Gasteiger partial charge in [-0.25, -0.2) is 4.68 Å². The Labute approximate surface area is 103 Å². The molecule has 5 nitrogen and oxygen atoms in total. The zero-order valence-corrected chi connectivity index (χ0v) is 10.1. The van der Waals surface area contributed by atoms with Gasteiger partial charge in [0.15, 0.2) is 0 Å². The second kappa shape index (κ2) is 4.18. The first-order valence-corrected chi connectivity index (χ1v) is 5.35. The standard InChI is InChI=1S/C11H10ClN3O2/c1-7-3-5-9(6-4-7)14-11(12)10(15(16)17)8(2)13-14/h3-6H,1-2H3. The van der Waals surface area contributed by atoms with Crippen LogP contribution in [0.25, 0.3) is 5.69 Å². The van der Waals surface area contributed by atoms with Crippen molar-refractivity contribution >= 4 is 17.3 Å². The lowest BCUT2D eigenvalue weighted by atomic mass is 10.2. The summed E-state index contributed by atoms with van der Waals surface area (Å²) in [5.74, 6) is 0. The Balaban J connectivity index is 2.57. The fourth-order valence-electron chi connectivity index (χ4n) is 1.56. The van der Waals surface area contributed by atoms with Crippen LogP contribution in [0.2, 0.25) is 5.15 Å². The molecule has 1 aromatic carbocycles. The lowest BCUT2D eigenvalue weighted by molar-refractivity contribution is -0.385. The molecule has 0 aliphatic rings. The second-order valence-electron chi connectivity index (χ2n) is 3.73. The van der Waals surface area contributed by atoms with Crippen molar-refractivity contribution in [2.24, 2.45) is 0 Å². The van der Waals surface area contributed by atoms with Gasteiger partial charge in [-0.05, 0) is 26.0 Å². The Morgan fingerprint density at radius 3 is 2.35 bits per heavy atom. The van der Waals surface area contributed by atoms with Crippen molar-refractivity contribution in [3.05, 3.63) is 50.8 Å². The van der Waals surface area contributed by atoms with Crippen LogP contribution in [-0.2, 0) is 0 Å². The molecule has 0 amide bonds. The molecule has 0 aliphatic carbocycles. The third-order valence-electron chi connectivity index (χ3n) is 2.44. The number of hydrogen-bond donors (Lipinski definition) is 0. The summed E-state index contributed by atoms with van der Waals surface area (Å²) in [5.41, 5.74) is 1.97. The van der Waals surface area contributed by atoms with Crippen molar-refractivity contribution in [1.82, 2.24) is 9.78 Å². The number of nitro groups is 1. The average Bonchev–Trinajstić information content (AvgIpc) is 2.55. The molecular weight excluding hydrogens is 242 g/mol. The largest absolute Gasteiger partial charge is 0.329 e. The summed E-state index contributed by atoms with van der Waals surface area (Å²) in [7, 11) is 0. The summed E-state index contributed by atoms with van der Waals surface area (Å²) in [6.07, 6.45) is 0. The molecule has 1 aromatic heterocycles. The minimum atomic E-state index is -0.518. The van der Waals surface area contributed by atoms with Crippen molar-refractivity contribution in [2.75, 3.05) is 0 Å². The first kappa shape index (κ1) is 11.6. The second-order valence-corrected chi connectivity index (χ2v) is 4.09. The third kappa shape index (κ3) is 2.01. The van der Waals surface area contributed by atoms with E-state index in [1.54, 1.807) is 6.92 Å². The summed E-state index contributed by atoms with van der Waals surface area (Å²) in [5, 5.41) is 14.9. The van der Waals surface area contributed by atoms with Crippen molar-refractivity contribution in [3.8, 4) is 5.69 Å². The van der Waals surface area contributed by atoms with Crippen LogP contribution >= 0.6 is 11.6 Å². The molecule has 0 bridgehead atoms. The Morgan fingerprint density at radius 1 is 1.29 bits per heavy atom. The van der Waals surface area contributed by atoms with E-state index in [2.05, 4.69) is 5.10 Å². The molecular formula is C11H10ClN3O2. The van der Waals surface area contributed by atoms with Gasteiger partial charge in [0.2, 0.25) is 5.15 Å². The van der Waals surface area contributed by atoms with Gasteiger partial charge >= 0.3 is 5.69 Å². The van der Waals surface area contributed by atoms with Crippen molar-refractivity contribution in [2.45, 2.75) is 13.8 Å². The van der Waals surface area contributed by atoms with E-state index in [9.17, 15) is 10.1 Å². The van der Waals surface area contributed by atoms with Crippen LogP contribution < -0.4 is 0 Å². The van der Waals surface area contributed by atoms with Gasteiger partial charge in [0.25, 0.3) is 0 Å². The molecule has 0 atom stereocenters. The van der Waals surface area contributed by atoms with E-state index in [1.807, 2.05) is 31.2 Å². The fraction of sp³-hybridized carbons (Fsp3) is 0.182. The molecule has 0 radical (unpaired) electrons. The number of aromatic nitrogens is 2. The van der Waals surface area contributed by atoms with E-state index in [4.69, 9.17) is 11.6 Å². The Hall–Kier alpha value is -1.88. The highest BCUT2D eigenvalue weighted by Crippen LogP contribution is 2.29. The normalized spacial score (nSPS) is 10.5. The quantitative estimate of drug-likeness (QED) is 0.609. The van der Waals surface area contributed by atoms with Gasteiger partial charge in [0.05, 0.1) is 10.6 Å². The van der Waals surface area contributed by atoms with Crippen LogP contribution in [0.3, 0.4) is 0 Å². The molecule has 2 aromatic rings. The summed E-state index contributed by atoms with van der Waals surface area (Å²) in [4.78, 5) is 10.3. The highest BCUT2D eigenvalue weighted by atomic mass is 35.5. The Morgan fingerprint density at radius 2 is 1.88 bits per heavy atom. The lowest BCUT2D eigenvalue weighted by Gasteiger charge is -2.02. The predicted molar refractivity (Wildman–Crippen MR) is 64.7 cm³/mol. The molecule has 0 aliphatic heterocycles. The van der Waals surface area contributed by atoms with Crippen molar-refractivity contribution in [3.63, 3.8) is 0 Å². The summed E-state index contributed by atoms with van der Waals surface area (Å²) in [6, 6.07) is 7.43. The van der Waals surface area contributed by atoms with Gasteiger partial charge in [-0.1, -0.05) is 29.3 Å². The first-order chi connectivity index (χ1) is 8.00. The highest BCUT2D eigenvalue weighted by Gasteiger charge is 2.24. The molecule has 88 valence electrons. The SMILES string of the molecule is Cc1ccc(-n2nc(C)c([N+](=O)[O-])c2Cl)cc1. The molecule has 0 unspecified atom stereocenters. The van der Waals surface area contributed by atoms with Crippen molar-refractivity contribution in [1.29, 1.82) is 0 Å². The van der Waals surface area contributed by atoms with Crippen molar-refractivity contribution < 1.29 is 4.92 Å². The molecule has 0 saturated carbocycles.